The van der Waals surface area contributed by atoms with Gasteiger partial charge in [-0.1, -0.05) is 11.6 Å². The van der Waals surface area contributed by atoms with E-state index in [1.165, 1.54) is 18.0 Å². The predicted octanol–water partition coefficient (Wildman–Crippen LogP) is 2.19. The number of aryl methyl sites for hydroxylation is 2. The molecule has 0 radical (unpaired) electrons. The van der Waals surface area contributed by atoms with E-state index in [0.29, 0.717) is 16.9 Å². The fourth-order valence-corrected chi connectivity index (χ4v) is 1.95. The molecule has 0 saturated carbocycles. The van der Waals surface area contributed by atoms with Crippen LogP contribution < -0.4 is 4.74 Å². The van der Waals surface area contributed by atoms with Crippen molar-refractivity contribution in [3.8, 4) is 5.75 Å². The van der Waals surface area contributed by atoms with E-state index < -0.39 is 0 Å². The first-order valence-corrected chi connectivity index (χ1v) is 6.21. The zero-order valence-corrected chi connectivity index (χ0v) is 11.7. The van der Waals surface area contributed by atoms with E-state index in [1.807, 2.05) is 13.0 Å². The Morgan fingerprint density at radius 2 is 2.05 bits per heavy atom. The Labute approximate surface area is 117 Å². The average Bonchev–Trinajstić information content (AvgIpc) is 2.85. The third-order valence-electron chi connectivity index (χ3n) is 3.00. The Morgan fingerprint density at radius 1 is 1.30 bits per heavy atom. The van der Waals surface area contributed by atoms with Gasteiger partial charge < -0.3 is 4.74 Å². The van der Waals surface area contributed by atoms with Crippen LogP contribution in [0.3, 0.4) is 0 Å². The fourth-order valence-electron chi connectivity index (χ4n) is 1.95. The van der Waals surface area contributed by atoms with Crippen LogP contribution in [-0.4, -0.2) is 28.5 Å². The number of ether oxygens (including phenoxy) is 1. The second-order valence-electron chi connectivity index (χ2n) is 4.63. The van der Waals surface area contributed by atoms with Gasteiger partial charge >= 0.3 is 0 Å². The van der Waals surface area contributed by atoms with Crippen molar-refractivity contribution >= 4 is 11.6 Å². The van der Waals surface area contributed by atoms with Crippen molar-refractivity contribution in [2.75, 3.05) is 7.11 Å². The van der Waals surface area contributed by atoms with Crippen molar-refractivity contribution in [1.29, 1.82) is 0 Å². The number of rotatable bonds is 5. The van der Waals surface area contributed by atoms with Crippen LogP contribution in [0.5, 0.6) is 5.75 Å². The predicted molar refractivity (Wildman–Crippen MR) is 74.2 cm³/mol. The van der Waals surface area contributed by atoms with Crippen molar-refractivity contribution < 1.29 is 14.3 Å². The van der Waals surface area contributed by atoms with Gasteiger partial charge in [0.15, 0.2) is 11.6 Å². The number of aromatic nitrogens is 2. The highest BCUT2D eigenvalue weighted by Crippen LogP contribution is 2.21. The molecule has 0 saturated heterocycles. The molecule has 2 rings (SSSR count). The van der Waals surface area contributed by atoms with Crippen LogP contribution in [0.25, 0.3) is 0 Å². The summed E-state index contributed by atoms with van der Waals surface area (Å²) in [5.41, 5.74) is 1.82. The molecule has 104 valence electrons. The minimum Gasteiger partial charge on any atom is -0.496 e. The molecule has 0 aliphatic carbocycles. The number of Topliss-reactive ketones (excluding diaryl/α,β-unsaturated/α-hetero) is 2. The third kappa shape index (κ3) is 2.93. The highest BCUT2D eigenvalue weighted by atomic mass is 16.5. The summed E-state index contributed by atoms with van der Waals surface area (Å²) in [5.74, 6) is -0.00866. The van der Waals surface area contributed by atoms with Crippen LogP contribution in [0.4, 0.5) is 0 Å². The smallest absolute Gasteiger partial charge is 0.174 e. The third-order valence-corrected chi connectivity index (χ3v) is 3.00. The monoisotopic (exact) mass is 272 g/mol. The Morgan fingerprint density at radius 3 is 2.65 bits per heavy atom. The Balaban J connectivity index is 2.20. The summed E-state index contributed by atoms with van der Waals surface area (Å²) in [7, 11) is 3.23. The molecule has 5 nitrogen and oxygen atoms in total. The van der Waals surface area contributed by atoms with Gasteiger partial charge in [-0.2, -0.15) is 5.10 Å². The second-order valence-corrected chi connectivity index (χ2v) is 4.63. The molecular formula is C15H16N2O3. The van der Waals surface area contributed by atoms with Gasteiger partial charge in [-0.15, -0.1) is 0 Å². The van der Waals surface area contributed by atoms with Gasteiger partial charge in [-0.05, 0) is 19.1 Å². The topological polar surface area (TPSA) is 61.2 Å². The molecule has 0 spiro atoms. The molecule has 0 atom stereocenters. The molecule has 0 aliphatic heterocycles. The molecule has 0 fully saturated rings. The Hall–Kier alpha value is -2.43. The van der Waals surface area contributed by atoms with Crippen LogP contribution >= 0.6 is 0 Å². The number of methoxy groups -OCH3 is 1. The van der Waals surface area contributed by atoms with Crippen LogP contribution in [0.1, 0.15) is 32.7 Å². The Kier molecular flexibility index (Phi) is 3.98. The summed E-state index contributed by atoms with van der Waals surface area (Å²) in [6, 6.07) is 5.33. The highest BCUT2D eigenvalue weighted by Gasteiger charge is 2.18. The summed E-state index contributed by atoms with van der Waals surface area (Å²) < 4.78 is 6.70. The summed E-state index contributed by atoms with van der Waals surface area (Å²) in [6.07, 6.45) is 2.87. The molecule has 0 unspecified atom stereocenters. The van der Waals surface area contributed by atoms with Crippen LogP contribution in [0.2, 0.25) is 0 Å². The molecule has 0 bridgehead atoms. The Bertz CT molecular complexity index is 659. The first-order valence-electron chi connectivity index (χ1n) is 6.21. The maximum absolute atomic E-state index is 12.2. The van der Waals surface area contributed by atoms with Crippen LogP contribution in [0, 0.1) is 6.92 Å². The molecular weight excluding hydrogens is 256 g/mol. The fraction of sp³-hybridized carbons (Fsp3) is 0.267. The molecule has 1 aromatic heterocycles. The lowest BCUT2D eigenvalue weighted by atomic mass is 10.0. The van der Waals surface area contributed by atoms with Gasteiger partial charge in [-0.3, -0.25) is 14.3 Å². The van der Waals surface area contributed by atoms with Gasteiger partial charge in [0.1, 0.15) is 5.75 Å². The zero-order chi connectivity index (χ0) is 14.7. The molecule has 1 heterocycles. The van der Waals surface area contributed by atoms with Crippen molar-refractivity contribution in [2.24, 2.45) is 7.05 Å². The minimum atomic E-state index is -0.251. The van der Waals surface area contributed by atoms with E-state index in [2.05, 4.69) is 5.10 Å². The van der Waals surface area contributed by atoms with Crippen LogP contribution in [0.15, 0.2) is 30.6 Å². The van der Waals surface area contributed by atoms with Crippen molar-refractivity contribution in [1.82, 2.24) is 9.78 Å². The molecule has 1 aromatic carbocycles. The quantitative estimate of drug-likeness (QED) is 0.618. The van der Waals surface area contributed by atoms with Crippen molar-refractivity contribution in [2.45, 2.75) is 13.3 Å². The van der Waals surface area contributed by atoms with Crippen LogP contribution in [-0.2, 0) is 7.05 Å². The van der Waals surface area contributed by atoms with E-state index in [4.69, 9.17) is 4.74 Å². The van der Waals surface area contributed by atoms with Gasteiger partial charge in [-0.25, -0.2) is 0 Å². The lowest BCUT2D eigenvalue weighted by Crippen LogP contribution is -2.09. The molecule has 0 amide bonds. The van der Waals surface area contributed by atoms with Gasteiger partial charge in [0, 0.05) is 13.2 Å². The zero-order valence-electron chi connectivity index (χ0n) is 11.7. The van der Waals surface area contributed by atoms with Crippen molar-refractivity contribution in [3.05, 3.63) is 47.3 Å². The first kappa shape index (κ1) is 14.0. The summed E-state index contributed by atoms with van der Waals surface area (Å²) in [4.78, 5) is 24.3. The van der Waals surface area contributed by atoms with E-state index in [1.54, 1.807) is 25.4 Å². The summed E-state index contributed by atoms with van der Waals surface area (Å²) in [6.45, 7) is 1.89. The van der Waals surface area contributed by atoms with E-state index in [-0.39, 0.29) is 18.0 Å². The van der Waals surface area contributed by atoms with Gasteiger partial charge in [0.25, 0.3) is 0 Å². The lowest BCUT2D eigenvalue weighted by molar-refractivity contribution is 0.0892. The average molecular weight is 272 g/mol. The SMILES string of the molecule is COc1ccc(C)cc1C(=O)CC(=O)c1cnn(C)c1. The normalized spacial score (nSPS) is 10.3. The lowest BCUT2D eigenvalue weighted by Gasteiger charge is -2.08. The second kappa shape index (κ2) is 5.69. The number of carbonyl (C=O) groups is 2. The van der Waals surface area contributed by atoms with E-state index in [9.17, 15) is 9.59 Å². The number of nitrogens with zero attached hydrogens (tertiary/aromatic N) is 2. The number of carbonyl (C=O) groups excluding carboxylic acids is 2. The first-order chi connectivity index (χ1) is 9.51. The molecule has 0 N–H and O–H groups in total. The maximum atomic E-state index is 12.2. The van der Waals surface area contributed by atoms with E-state index in [0.717, 1.165) is 5.56 Å². The van der Waals surface area contributed by atoms with Crippen molar-refractivity contribution in [3.63, 3.8) is 0 Å². The largest absolute Gasteiger partial charge is 0.496 e. The molecule has 5 heteroatoms. The summed E-state index contributed by atoms with van der Waals surface area (Å²) >= 11 is 0. The molecule has 2 aromatic rings. The van der Waals surface area contributed by atoms with Gasteiger partial charge in [0.05, 0.1) is 30.9 Å². The van der Waals surface area contributed by atoms with E-state index >= 15 is 0 Å². The maximum Gasteiger partial charge on any atom is 0.174 e. The highest BCUT2D eigenvalue weighted by molar-refractivity contribution is 6.14. The standard InChI is InChI=1S/C15H16N2O3/c1-10-4-5-15(20-3)12(6-10)14(19)7-13(18)11-8-16-17(2)9-11/h4-6,8-9H,7H2,1-3H3. The number of hydrogen-bond donors (Lipinski definition) is 0. The molecule has 0 aliphatic rings. The number of ketones is 2. The molecule has 20 heavy (non-hydrogen) atoms. The number of hydrogen-bond acceptors (Lipinski definition) is 4. The summed E-state index contributed by atoms with van der Waals surface area (Å²) in [5, 5.41) is 3.93. The number of benzene rings is 1. The van der Waals surface area contributed by atoms with Gasteiger partial charge in [0.2, 0.25) is 0 Å². The minimum absolute atomic E-state index is 0.189.